The average molecular weight is 376 g/mol. The Labute approximate surface area is 155 Å². The van der Waals surface area contributed by atoms with Gasteiger partial charge in [-0.15, -0.1) is 0 Å². The summed E-state index contributed by atoms with van der Waals surface area (Å²) in [4.78, 5) is 22.8. The zero-order valence-electron chi connectivity index (χ0n) is 14.9. The third-order valence-electron chi connectivity index (χ3n) is 5.14. The number of nitrogens with one attached hydrogen (secondary N) is 1. The number of alkyl halides is 2. The van der Waals surface area contributed by atoms with Gasteiger partial charge in [0.25, 0.3) is 11.5 Å². The van der Waals surface area contributed by atoms with Gasteiger partial charge in [0, 0.05) is 32.1 Å². The fourth-order valence-electron chi connectivity index (χ4n) is 3.69. The molecule has 1 N–H and O–H groups in total. The molecule has 1 unspecified atom stereocenters. The molecule has 0 saturated carbocycles. The van der Waals surface area contributed by atoms with Crippen molar-refractivity contribution in [1.82, 2.24) is 9.97 Å². The van der Waals surface area contributed by atoms with Crippen LogP contribution in [0.2, 0.25) is 0 Å². The van der Waals surface area contributed by atoms with E-state index < -0.39 is 12.0 Å². The first-order valence-corrected chi connectivity index (χ1v) is 9.15. The number of aromatic amines is 1. The summed E-state index contributed by atoms with van der Waals surface area (Å²) in [5.41, 5.74) is 0.496. The lowest BCUT2D eigenvalue weighted by Crippen LogP contribution is -2.43. The van der Waals surface area contributed by atoms with Gasteiger partial charge in [0.2, 0.25) is 5.95 Å². The van der Waals surface area contributed by atoms with Crippen molar-refractivity contribution >= 4 is 11.8 Å². The summed E-state index contributed by atoms with van der Waals surface area (Å²) >= 11 is 0. The van der Waals surface area contributed by atoms with Gasteiger partial charge in [0.1, 0.15) is 5.82 Å². The van der Waals surface area contributed by atoms with Gasteiger partial charge in [-0.2, -0.15) is 4.98 Å². The minimum atomic E-state index is -2.84. The molecule has 2 fully saturated rings. The maximum Gasteiger partial charge on any atom is 0.270 e. The number of rotatable bonds is 4. The highest BCUT2D eigenvalue weighted by Gasteiger charge is 2.49. The summed E-state index contributed by atoms with van der Waals surface area (Å²) in [6, 6.07) is 9.59. The minimum absolute atomic E-state index is 0.153. The second-order valence-corrected chi connectivity index (χ2v) is 6.94. The van der Waals surface area contributed by atoms with Gasteiger partial charge in [0.15, 0.2) is 0 Å². The van der Waals surface area contributed by atoms with E-state index in [4.69, 9.17) is 4.74 Å². The van der Waals surface area contributed by atoms with Crippen molar-refractivity contribution in [2.75, 3.05) is 42.6 Å². The lowest BCUT2D eigenvalue weighted by atomic mass is 10.0. The van der Waals surface area contributed by atoms with Crippen molar-refractivity contribution < 1.29 is 13.5 Å². The number of halogens is 2. The molecular weight excluding hydrogens is 354 g/mol. The van der Waals surface area contributed by atoms with E-state index in [0.717, 1.165) is 5.56 Å². The Bertz CT molecular complexity index is 837. The second kappa shape index (κ2) is 7.26. The van der Waals surface area contributed by atoms with Crippen molar-refractivity contribution in [1.29, 1.82) is 0 Å². The van der Waals surface area contributed by atoms with Crippen molar-refractivity contribution in [3.8, 4) is 0 Å². The largest absolute Gasteiger partial charge is 0.378 e. The number of aromatic nitrogens is 2. The van der Waals surface area contributed by atoms with E-state index in [1.54, 1.807) is 4.90 Å². The molecule has 2 saturated heterocycles. The summed E-state index contributed by atoms with van der Waals surface area (Å²) in [7, 11) is 0. The molecule has 27 heavy (non-hydrogen) atoms. The van der Waals surface area contributed by atoms with Crippen LogP contribution in [0.3, 0.4) is 0 Å². The van der Waals surface area contributed by atoms with Crippen LogP contribution in [-0.4, -0.2) is 54.8 Å². The first kappa shape index (κ1) is 17.9. The van der Waals surface area contributed by atoms with Crippen LogP contribution in [-0.2, 0) is 11.2 Å². The Morgan fingerprint density at radius 3 is 2.67 bits per heavy atom. The highest BCUT2D eigenvalue weighted by Crippen LogP contribution is 2.37. The number of hydrogen-bond donors (Lipinski definition) is 1. The molecule has 4 rings (SSSR count). The molecule has 2 aliphatic rings. The Morgan fingerprint density at radius 1 is 1.19 bits per heavy atom. The summed E-state index contributed by atoms with van der Waals surface area (Å²) < 4.78 is 34.5. The lowest BCUT2D eigenvalue weighted by Gasteiger charge is -2.31. The van der Waals surface area contributed by atoms with Gasteiger partial charge in [-0.3, -0.25) is 9.78 Å². The van der Waals surface area contributed by atoms with Crippen LogP contribution >= 0.6 is 0 Å². The quantitative estimate of drug-likeness (QED) is 0.885. The molecule has 3 heterocycles. The van der Waals surface area contributed by atoms with Crippen LogP contribution in [0, 0.1) is 0 Å². The average Bonchev–Trinajstić information content (AvgIpc) is 2.97. The van der Waals surface area contributed by atoms with Crippen LogP contribution in [0.25, 0.3) is 0 Å². The Kier molecular flexibility index (Phi) is 4.82. The molecule has 2 aromatic rings. The zero-order valence-corrected chi connectivity index (χ0v) is 14.9. The van der Waals surface area contributed by atoms with E-state index in [2.05, 4.69) is 9.97 Å². The first-order chi connectivity index (χ1) is 13.0. The normalized spacial score (nSPS) is 22.2. The number of anilines is 2. The predicted octanol–water partition coefficient (Wildman–Crippen LogP) is 2.06. The second-order valence-electron chi connectivity index (χ2n) is 6.94. The molecule has 0 spiro atoms. The summed E-state index contributed by atoms with van der Waals surface area (Å²) in [5.74, 6) is -2.13. The molecular formula is C19H22F2N4O2. The van der Waals surface area contributed by atoms with Crippen molar-refractivity contribution in [2.24, 2.45) is 0 Å². The summed E-state index contributed by atoms with van der Waals surface area (Å²) in [6.45, 7) is 2.52. The van der Waals surface area contributed by atoms with E-state index in [1.807, 2.05) is 35.2 Å². The van der Waals surface area contributed by atoms with Gasteiger partial charge >= 0.3 is 0 Å². The molecule has 1 aromatic carbocycles. The molecule has 1 atom stereocenters. The fraction of sp³-hybridized carbons (Fsp3) is 0.474. The van der Waals surface area contributed by atoms with Gasteiger partial charge in [0.05, 0.1) is 19.3 Å². The standard InChI is InChI=1S/C19H22F2N4O2/c20-19(21)6-7-25(15(19)12-14-4-2-1-3-5-14)18-22-16(13-17(26)23-18)24-8-10-27-11-9-24/h1-5,13,15H,6-12H2,(H,22,23,26). The number of nitrogens with zero attached hydrogens (tertiary/aromatic N) is 3. The molecule has 0 amide bonds. The molecule has 6 nitrogen and oxygen atoms in total. The topological polar surface area (TPSA) is 61.5 Å². The SMILES string of the molecule is O=c1cc(N2CCOCC2)nc(N2CCC(F)(F)C2Cc2ccccc2)[nH]1. The van der Waals surface area contributed by atoms with E-state index in [9.17, 15) is 13.6 Å². The zero-order chi connectivity index (χ0) is 18.9. The summed E-state index contributed by atoms with van der Waals surface area (Å²) in [5, 5.41) is 0. The molecule has 0 bridgehead atoms. The van der Waals surface area contributed by atoms with Crippen molar-refractivity contribution in [3.05, 3.63) is 52.3 Å². The fourth-order valence-corrected chi connectivity index (χ4v) is 3.69. The van der Waals surface area contributed by atoms with Crippen LogP contribution in [0.15, 0.2) is 41.2 Å². The van der Waals surface area contributed by atoms with Gasteiger partial charge in [-0.25, -0.2) is 8.78 Å². The van der Waals surface area contributed by atoms with E-state index in [-0.39, 0.29) is 30.9 Å². The predicted molar refractivity (Wildman–Crippen MR) is 98.7 cm³/mol. The third kappa shape index (κ3) is 3.80. The molecule has 1 aromatic heterocycles. The minimum Gasteiger partial charge on any atom is -0.378 e. The molecule has 8 heteroatoms. The number of benzene rings is 1. The molecule has 2 aliphatic heterocycles. The first-order valence-electron chi connectivity index (χ1n) is 9.15. The number of morpholine rings is 1. The monoisotopic (exact) mass is 376 g/mol. The Hall–Kier alpha value is -2.48. The smallest absolute Gasteiger partial charge is 0.270 e. The number of H-pyrrole nitrogens is 1. The van der Waals surface area contributed by atoms with Crippen LogP contribution in [0.1, 0.15) is 12.0 Å². The summed E-state index contributed by atoms with van der Waals surface area (Å²) in [6.07, 6.45) is -0.0602. The van der Waals surface area contributed by atoms with Crippen LogP contribution in [0.5, 0.6) is 0 Å². The van der Waals surface area contributed by atoms with E-state index >= 15 is 0 Å². The number of ether oxygens (including phenoxy) is 1. The van der Waals surface area contributed by atoms with Gasteiger partial charge in [-0.1, -0.05) is 30.3 Å². The highest BCUT2D eigenvalue weighted by molar-refractivity contribution is 5.46. The molecule has 144 valence electrons. The van der Waals surface area contributed by atoms with Crippen LogP contribution in [0.4, 0.5) is 20.5 Å². The van der Waals surface area contributed by atoms with Crippen LogP contribution < -0.4 is 15.4 Å². The molecule has 0 radical (unpaired) electrons. The maximum atomic E-state index is 14.6. The number of hydrogen-bond acceptors (Lipinski definition) is 5. The van der Waals surface area contributed by atoms with Gasteiger partial charge < -0.3 is 14.5 Å². The lowest BCUT2D eigenvalue weighted by molar-refractivity contribution is -0.00690. The highest BCUT2D eigenvalue weighted by atomic mass is 19.3. The van der Waals surface area contributed by atoms with Gasteiger partial charge in [-0.05, 0) is 12.0 Å². The van der Waals surface area contributed by atoms with Crippen molar-refractivity contribution in [2.45, 2.75) is 24.8 Å². The maximum absolute atomic E-state index is 14.6. The molecule has 0 aliphatic carbocycles. The Morgan fingerprint density at radius 2 is 1.93 bits per heavy atom. The van der Waals surface area contributed by atoms with E-state index in [1.165, 1.54) is 6.07 Å². The van der Waals surface area contributed by atoms with Crippen molar-refractivity contribution in [3.63, 3.8) is 0 Å². The van der Waals surface area contributed by atoms with E-state index in [0.29, 0.717) is 32.1 Å². The third-order valence-corrected chi connectivity index (χ3v) is 5.14. The Balaban J connectivity index is 1.64.